The zero-order valence-electron chi connectivity index (χ0n) is 27.9. The van der Waals surface area contributed by atoms with Crippen LogP contribution in [0.4, 0.5) is 0 Å². The van der Waals surface area contributed by atoms with Gasteiger partial charge in [0.05, 0.1) is 17.1 Å². The summed E-state index contributed by atoms with van der Waals surface area (Å²) in [5, 5.41) is 2.43. The first-order valence-corrected chi connectivity index (χ1v) is 17.9. The van der Waals surface area contributed by atoms with Crippen LogP contribution in [0.25, 0.3) is 66.6 Å². The third-order valence-electron chi connectivity index (χ3n) is 9.49. The average molecular weight is 664 g/mol. The van der Waals surface area contributed by atoms with Crippen molar-refractivity contribution < 1.29 is 0 Å². The Bertz CT molecular complexity index is 2670. The number of hydrogen-bond donors (Lipinski definition) is 0. The van der Waals surface area contributed by atoms with Crippen molar-refractivity contribution in [3.8, 4) is 33.8 Å². The quantitative estimate of drug-likeness (QED) is 0.159. The predicted molar refractivity (Wildman–Crippen MR) is 210 cm³/mol. The molecule has 5 heteroatoms. The third kappa shape index (κ3) is 5.27. The number of nitrogens with zero attached hydrogens (tertiary/aromatic N) is 4. The molecule has 9 aromatic rings. The number of imidazole rings is 1. The van der Waals surface area contributed by atoms with Crippen LogP contribution in [0, 0.1) is 0 Å². The molecule has 0 fully saturated rings. The summed E-state index contributed by atoms with van der Waals surface area (Å²) in [4.78, 5) is 7.33. The molecule has 3 aromatic heterocycles. The Morgan fingerprint density at radius 3 is 2.04 bits per heavy atom. The molecule has 0 aliphatic carbocycles. The largest absolute Gasteiger partial charge is 0.294 e. The van der Waals surface area contributed by atoms with Crippen molar-refractivity contribution >= 4 is 44.6 Å². The maximum Gasteiger partial charge on any atom is 0.191 e. The van der Waals surface area contributed by atoms with Crippen LogP contribution in [-0.4, -0.2) is 18.7 Å². The molecule has 3 heterocycles. The lowest BCUT2D eigenvalue weighted by Gasteiger charge is -2.13. The van der Waals surface area contributed by atoms with E-state index >= 15 is 0 Å². The Morgan fingerprint density at radius 1 is 0.540 bits per heavy atom. The molecular weight excluding hydrogens is 629 g/mol. The minimum atomic E-state index is 0.367. The van der Waals surface area contributed by atoms with E-state index < -0.39 is 0 Å². The van der Waals surface area contributed by atoms with Gasteiger partial charge in [-0.05, 0) is 90.7 Å². The average Bonchev–Trinajstić information content (AvgIpc) is 3.72. The number of hydrogen-bond acceptors (Lipinski definition) is 2. The molecule has 0 saturated carbocycles. The highest BCUT2D eigenvalue weighted by Crippen LogP contribution is 2.38. The van der Waals surface area contributed by atoms with Gasteiger partial charge in [0.1, 0.15) is 11.5 Å². The molecule has 6 aromatic carbocycles. The Hall–Kier alpha value is -5.91. The van der Waals surface area contributed by atoms with Crippen LogP contribution in [0.1, 0.15) is 19.9 Å². The Balaban J connectivity index is 1.13. The second-order valence-corrected chi connectivity index (χ2v) is 14.1. The van der Waals surface area contributed by atoms with Gasteiger partial charge in [0.15, 0.2) is 17.4 Å². The molecular formula is C45H35N4S+. The summed E-state index contributed by atoms with van der Waals surface area (Å²) in [7, 11) is 0. The fraction of sp³-hybridized carbons (Fsp3) is 0.0667. The van der Waals surface area contributed by atoms with Gasteiger partial charge in [-0.1, -0.05) is 90.6 Å². The second kappa shape index (κ2) is 12.5. The Kier molecular flexibility index (Phi) is 7.55. The van der Waals surface area contributed by atoms with Crippen LogP contribution in [0.3, 0.4) is 0 Å². The Morgan fingerprint density at radius 2 is 1.22 bits per heavy atom. The molecule has 0 unspecified atom stereocenters. The van der Waals surface area contributed by atoms with Gasteiger partial charge in [-0.3, -0.25) is 4.57 Å². The normalized spacial score (nSPS) is 11.7. The van der Waals surface area contributed by atoms with Gasteiger partial charge >= 0.3 is 0 Å². The van der Waals surface area contributed by atoms with E-state index in [1.54, 1.807) is 11.8 Å². The van der Waals surface area contributed by atoms with Crippen LogP contribution in [0.5, 0.6) is 0 Å². The van der Waals surface area contributed by atoms with Gasteiger partial charge in [0.25, 0.3) is 0 Å². The van der Waals surface area contributed by atoms with E-state index in [2.05, 4.69) is 192 Å². The fourth-order valence-electron chi connectivity index (χ4n) is 7.16. The molecule has 9 rings (SSSR count). The first-order valence-electron chi connectivity index (χ1n) is 17.1. The van der Waals surface area contributed by atoms with E-state index in [1.807, 2.05) is 6.20 Å². The SMILES string of the molecule is CC(C)n1[cH+]n(-c2cccc(Sc3ccc4c5ccccc5n(-c5cc(-c6ccccc6-c6ccccc6)ccn5)c4c3)c2)c2ccccc21. The summed E-state index contributed by atoms with van der Waals surface area (Å²) in [6.45, 7) is 4.46. The highest BCUT2D eigenvalue weighted by Gasteiger charge is 2.19. The maximum atomic E-state index is 4.96. The fourth-order valence-corrected chi connectivity index (χ4v) is 8.06. The topological polar surface area (TPSA) is 27.7 Å². The number of fused-ring (bicyclic) bond motifs is 4. The summed E-state index contributed by atoms with van der Waals surface area (Å²) in [5.74, 6) is 0.902. The first kappa shape index (κ1) is 30.2. The zero-order chi connectivity index (χ0) is 33.6. The monoisotopic (exact) mass is 663 g/mol. The molecule has 0 amide bonds. The van der Waals surface area contributed by atoms with E-state index in [9.17, 15) is 0 Å². The molecule has 0 aliphatic rings. The van der Waals surface area contributed by atoms with Crippen molar-refractivity contribution in [2.45, 2.75) is 29.7 Å². The first-order chi connectivity index (χ1) is 24.6. The summed E-state index contributed by atoms with van der Waals surface area (Å²) in [6.07, 6.45) is 4.16. The van der Waals surface area contributed by atoms with E-state index in [4.69, 9.17) is 4.98 Å². The smallest absolute Gasteiger partial charge is 0.191 e. The van der Waals surface area contributed by atoms with Crippen LogP contribution in [0.15, 0.2) is 180 Å². The lowest BCUT2D eigenvalue weighted by molar-refractivity contribution is 0.612. The molecule has 4 nitrogen and oxygen atoms in total. The van der Waals surface area contributed by atoms with Crippen molar-refractivity contribution in [1.82, 2.24) is 18.7 Å². The minimum absolute atomic E-state index is 0.367. The molecule has 0 N–H and O–H groups in total. The second-order valence-electron chi connectivity index (χ2n) is 12.9. The molecule has 50 heavy (non-hydrogen) atoms. The Labute approximate surface area is 295 Å². The minimum Gasteiger partial charge on any atom is -0.294 e. The highest BCUT2D eigenvalue weighted by molar-refractivity contribution is 7.99. The van der Waals surface area contributed by atoms with Crippen molar-refractivity contribution in [1.29, 1.82) is 0 Å². The lowest BCUT2D eigenvalue weighted by Crippen LogP contribution is -1.99. The zero-order valence-corrected chi connectivity index (χ0v) is 28.8. The van der Waals surface area contributed by atoms with Gasteiger partial charge in [0.2, 0.25) is 0 Å². The predicted octanol–water partition coefficient (Wildman–Crippen LogP) is 12.3. The van der Waals surface area contributed by atoms with Crippen molar-refractivity contribution in [2.24, 2.45) is 0 Å². The van der Waals surface area contributed by atoms with Crippen molar-refractivity contribution in [2.75, 3.05) is 0 Å². The van der Waals surface area contributed by atoms with Crippen LogP contribution < -0.4 is 0 Å². The highest BCUT2D eigenvalue weighted by atomic mass is 32.2. The van der Waals surface area contributed by atoms with Crippen LogP contribution in [0.2, 0.25) is 0 Å². The molecule has 0 atom stereocenters. The van der Waals surface area contributed by atoms with E-state index in [0.717, 1.165) is 28.1 Å². The summed E-state index contributed by atoms with van der Waals surface area (Å²) in [6, 6.07) is 56.9. The summed E-state index contributed by atoms with van der Waals surface area (Å²) >= 11 is 1.79. The van der Waals surface area contributed by atoms with Gasteiger partial charge < -0.3 is 0 Å². The van der Waals surface area contributed by atoms with E-state index in [0.29, 0.717) is 6.04 Å². The number of benzene rings is 6. The third-order valence-corrected chi connectivity index (χ3v) is 10.5. The van der Waals surface area contributed by atoms with Gasteiger partial charge in [-0.2, -0.15) is 4.57 Å². The number of aromatic nitrogens is 4. The molecule has 0 saturated heterocycles. The summed E-state index contributed by atoms with van der Waals surface area (Å²) in [5.41, 5.74) is 10.6. The molecule has 0 bridgehead atoms. The van der Waals surface area contributed by atoms with Crippen LogP contribution >= 0.6 is 11.8 Å². The summed E-state index contributed by atoms with van der Waals surface area (Å²) < 4.78 is 6.96. The van der Waals surface area contributed by atoms with E-state index in [-0.39, 0.29) is 0 Å². The molecule has 240 valence electrons. The van der Waals surface area contributed by atoms with Crippen molar-refractivity contribution in [3.63, 3.8) is 0 Å². The maximum absolute atomic E-state index is 4.96. The number of pyridine rings is 1. The standard InChI is InChI=1S/C45H35N4S/c1-31(2)47-30-48(43-22-11-10-21-42(43)47)34-15-12-16-35(28-34)50-36-23-24-40-39-19-8-9-20-41(39)49(44(40)29-36)45-27-33(25-26-46-45)38-18-7-6-17-37(38)32-13-4-3-5-14-32/h3-31H,1-2H3/q+1. The lowest BCUT2D eigenvalue weighted by atomic mass is 9.95. The van der Waals surface area contributed by atoms with Crippen LogP contribution in [-0.2, 0) is 0 Å². The van der Waals surface area contributed by atoms with Gasteiger partial charge in [-0.15, -0.1) is 0 Å². The van der Waals surface area contributed by atoms with E-state index in [1.165, 1.54) is 48.3 Å². The number of rotatable bonds is 7. The molecule has 0 spiro atoms. The van der Waals surface area contributed by atoms with Gasteiger partial charge in [0, 0.05) is 51.0 Å². The number of para-hydroxylation sites is 3. The van der Waals surface area contributed by atoms with Crippen molar-refractivity contribution in [3.05, 3.63) is 170 Å². The molecule has 0 radical (unpaired) electrons. The molecule has 0 aliphatic heterocycles. The van der Waals surface area contributed by atoms with Gasteiger partial charge in [-0.25, -0.2) is 9.55 Å².